The van der Waals surface area contributed by atoms with E-state index in [2.05, 4.69) is 42.5 Å². The molecule has 3 aromatic heterocycles. The number of hydrogen-bond acceptors (Lipinski definition) is 8. The molecular weight excluding hydrogens is 578 g/mol. The number of amides is 2. The number of carbonyl (C=O) groups is 2. The van der Waals surface area contributed by atoms with Crippen LogP contribution in [0.2, 0.25) is 5.02 Å². The summed E-state index contributed by atoms with van der Waals surface area (Å²) in [5.41, 5.74) is -0.740. The van der Waals surface area contributed by atoms with Gasteiger partial charge in [0, 0.05) is 11.9 Å². The molecule has 2 amide bonds. The molecule has 204 valence electrons. The van der Waals surface area contributed by atoms with Crippen LogP contribution in [0.3, 0.4) is 0 Å². The van der Waals surface area contributed by atoms with Gasteiger partial charge in [-0.25, -0.2) is 15.0 Å². The molecule has 3 rings (SSSR count). The van der Waals surface area contributed by atoms with E-state index in [1.807, 2.05) is 0 Å². The Balaban J connectivity index is 1.69. The lowest BCUT2D eigenvalue weighted by atomic mass is 10.2. The summed E-state index contributed by atoms with van der Waals surface area (Å²) in [6.07, 6.45) is 2.38. The van der Waals surface area contributed by atoms with Gasteiger partial charge in [-0.2, -0.15) is 13.2 Å². The maximum absolute atomic E-state index is 13.2. The van der Waals surface area contributed by atoms with Gasteiger partial charge >= 0.3 is 6.18 Å². The van der Waals surface area contributed by atoms with Crippen molar-refractivity contribution < 1.29 is 22.8 Å². The minimum absolute atomic E-state index is 0.0173. The van der Waals surface area contributed by atoms with Crippen molar-refractivity contribution in [2.24, 2.45) is 0 Å². The fraction of sp³-hybridized carbons (Fsp3) is 0.167. The van der Waals surface area contributed by atoms with Gasteiger partial charge in [-0.05, 0) is 32.1 Å². The van der Waals surface area contributed by atoms with E-state index in [1.54, 1.807) is 31.5 Å². The SMILES string of the molecule is C=C/C(Cl)=C(\C=C(/C)NC(=O)c1cnc(C(C)NC(=O)c2ncnc(Nc3cccnc3)c2Cl)s1)C(F)(F)F. The van der Waals surface area contributed by atoms with Gasteiger partial charge in [-0.1, -0.05) is 35.9 Å². The second kappa shape index (κ2) is 12.8. The fourth-order valence-electron chi connectivity index (χ4n) is 3.00. The van der Waals surface area contributed by atoms with Crippen LogP contribution in [-0.2, 0) is 0 Å². The predicted octanol–water partition coefficient (Wildman–Crippen LogP) is 6.09. The van der Waals surface area contributed by atoms with Crippen LogP contribution in [-0.4, -0.2) is 37.9 Å². The molecule has 3 heterocycles. The standard InChI is InChI=1S/C24H20Cl2F3N7O2S/c1-4-16(25)15(24(27,28)29)8-12(2)34-21(37)17-10-31-23(39-17)13(3)35-22(38)19-18(26)20(33-11-32-19)36-14-6-5-7-30-9-14/h4-11,13H,1H2,2-3H3,(H,34,37)(H,35,38)(H,32,33,36)/b12-8+,16-15-. The third kappa shape index (κ3) is 7.85. The van der Waals surface area contributed by atoms with E-state index in [0.717, 1.165) is 17.4 Å². The van der Waals surface area contributed by atoms with Crippen molar-refractivity contribution >= 4 is 57.9 Å². The van der Waals surface area contributed by atoms with Crippen LogP contribution in [0.15, 0.2) is 72.1 Å². The normalized spacial score (nSPS) is 13.3. The second-order valence-electron chi connectivity index (χ2n) is 7.75. The molecule has 0 saturated heterocycles. The van der Waals surface area contributed by atoms with Crippen molar-refractivity contribution in [1.29, 1.82) is 0 Å². The number of allylic oxidation sites excluding steroid dienone is 5. The molecule has 15 heteroatoms. The third-order valence-corrected chi connectivity index (χ3v) is 6.70. The first-order valence-electron chi connectivity index (χ1n) is 10.9. The average molecular weight is 598 g/mol. The Morgan fingerprint density at radius 1 is 1.18 bits per heavy atom. The summed E-state index contributed by atoms with van der Waals surface area (Å²) in [4.78, 5) is 41.7. The summed E-state index contributed by atoms with van der Waals surface area (Å²) in [5, 5.41) is 7.74. The first-order chi connectivity index (χ1) is 18.4. The van der Waals surface area contributed by atoms with Crippen molar-refractivity contribution in [2.45, 2.75) is 26.1 Å². The summed E-state index contributed by atoms with van der Waals surface area (Å²) in [6, 6.07) is 2.79. The van der Waals surface area contributed by atoms with Gasteiger partial charge in [-0.15, -0.1) is 11.3 Å². The highest BCUT2D eigenvalue weighted by molar-refractivity contribution is 7.13. The molecule has 9 nitrogen and oxygen atoms in total. The van der Waals surface area contributed by atoms with Crippen LogP contribution >= 0.6 is 34.5 Å². The number of alkyl halides is 3. The number of hydrogen-bond donors (Lipinski definition) is 3. The van der Waals surface area contributed by atoms with Crippen LogP contribution in [0.4, 0.5) is 24.7 Å². The van der Waals surface area contributed by atoms with E-state index in [0.29, 0.717) is 16.8 Å². The van der Waals surface area contributed by atoms with Crippen LogP contribution < -0.4 is 16.0 Å². The van der Waals surface area contributed by atoms with Gasteiger partial charge in [0.05, 0.1) is 34.7 Å². The molecule has 39 heavy (non-hydrogen) atoms. The highest BCUT2D eigenvalue weighted by atomic mass is 35.5. The molecule has 0 aliphatic rings. The minimum atomic E-state index is -4.75. The van der Waals surface area contributed by atoms with Crippen molar-refractivity contribution in [2.75, 3.05) is 5.32 Å². The Morgan fingerprint density at radius 2 is 1.92 bits per heavy atom. The number of carbonyl (C=O) groups excluding carboxylic acids is 2. The predicted molar refractivity (Wildman–Crippen MR) is 143 cm³/mol. The summed E-state index contributed by atoms with van der Waals surface area (Å²) in [7, 11) is 0. The molecule has 0 aliphatic carbocycles. The number of thiazole rings is 1. The largest absolute Gasteiger partial charge is 0.417 e. The molecule has 1 unspecified atom stereocenters. The number of aromatic nitrogens is 4. The Hall–Kier alpha value is -3.81. The lowest BCUT2D eigenvalue weighted by molar-refractivity contribution is -0.0885. The molecule has 0 aromatic carbocycles. The zero-order valence-corrected chi connectivity index (χ0v) is 22.6. The Bertz CT molecular complexity index is 1440. The van der Waals surface area contributed by atoms with E-state index in [1.165, 1.54) is 19.4 Å². The van der Waals surface area contributed by atoms with Gasteiger partial charge in [-0.3, -0.25) is 14.6 Å². The van der Waals surface area contributed by atoms with Crippen molar-refractivity contribution in [3.8, 4) is 0 Å². The first kappa shape index (κ1) is 29.7. The zero-order chi connectivity index (χ0) is 28.7. The van der Waals surface area contributed by atoms with Crippen LogP contribution in [0.25, 0.3) is 0 Å². The first-order valence-corrected chi connectivity index (χ1v) is 12.5. The Labute approximate surface area is 234 Å². The van der Waals surface area contributed by atoms with Gasteiger partial charge < -0.3 is 16.0 Å². The lowest BCUT2D eigenvalue weighted by Crippen LogP contribution is -2.28. The summed E-state index contributed by atoms with van der Waals surface area (Å²) >= 11 is 12.9. The second-order valence-corrected chi connectivity index (χ2v) is 9.60. The smallest absolute Gasteiger partial charge is 0.342 e. The molecule has 0 bridgehead atoms. The van der Waals surface area contributed by atoms with Gasteiger partial charge in [0.25, 0.3) is 11.8 Å². The molecule has 0 saturated carbocycles. The lowest BCUT2D eigenvalue weighted by Gasteiger charge is -2.13. The van der Waals surface area contributed by atoms with Crippen molar-refractivity contribution in [3.63, 3.8) is 0 Å². The number of rotatable bonds is 9. The van der Waals surface area contributed by atoms with E-state index < -0.39 is 34.6 Å². The monoisotopic (exact) mass is 597 g/mol. The van der Waals surface area contributed by atoms with E-state index >= 15 is 0 Å². The number of anilines is 2. The minimum Gasteiger partial charge on any atom is -0.342 e. The van der Waals surface area contributed by atoms with E-state index in [-0.39, 0.29) is 27.1 Å². The van der Waals surface area contributed by atoms with Crippen molar-refractivity contribution in [3.05, 3.63) is 92.7 Å². The number of nitrogens with zero attached hydrogens (tertiary/aromatic N) is 4. The van der Waals surface area contributed by atoms with E-state index in [4.69, 9.17) is 23.2 Å². The molecule has 0 radical (unpaired) electrons. The molecule has 0 aliphatic heterocycles. The molecule has 3 N–H and O–H groups in total. The molecule has 0 fully saturated rings. The maximum atomic E-state index is 13.2. The highest BCUT2D eigenvalue weighted by Crippen LogP contribution is 2.32. The molecule has 1 atom stereocenters. The van der Waals surface area contributed by atoms with Crippen molar-refractivity contribution in [1.82, 2.24) is 30.6 Å². The highest BCUT2D eigenvalue weighted by Gasteiger charge is 2.34. The fourth-order valence-corrected chi connectivity index (χ4v) is 4.21. The number of pyridine rings is 1. The number of nitrogens with one attached hydrogen (secondary N) is 3. The summed E-state index contributed by atoms with van der Waals surface area (Å²) in [6.45, 7) is 6.15. The maximum Gasteiger partial charge on any atom is 0.417 e. The topological polar surface area (TPSA) is 122 Å². The molecular formula is C24H20Cl2F3N7O2S. The Morgan fingerprint density at radius 3 is 2.56 bits per heavy atom. The quantitative estimate of drug-likeness (QED) is 0.255. The van der Waals surface area contributed by atoms with Gasteiger partial charge in [0.15, 0.2) is 11.5 Å². The van der Waals surface area contributed by atoms with E-state index in [9.17, 15) is 22.8 Å². The molecule has 0 spiro atoms. The zero-order valence-electron chi connectivity index (χ0n) is 20.3. The van der Waals surface area contributed by atoms with Gasteiger partial charge in [0.2, 0.25) is 0 Å². The third-order valence-electron chi connectivity index (χ3n) is 4.81. The average Bonchev–Trinajstić information content (AvgIpc) is 3.39. The van der Waals surface area contributed by atoms with Crippen LogP contribution in [0.1, 0.15) is 45.1 Å². The summed E-state index contributed by atoms with van der Waals surface area (Å²) in [5.74, 6) is -1.10. The Kier molecular flexibility index (Phi) is 9.78. The van der Waals surface area contributed by atoms with Gasteiger partial charge in [0.1, 0.15) is 21.2 Å². The molecule has 3 aromatic rings. The van der Waals surface area contributed by atoms with Crippen LogP contribution in [0.5, 0.6) is 0 Å². The number of halogens is 5. The summed E-state index contributed by atoms with van der Waals surface area (Å²) < 4.78 is 39.7. The van der Waals surface area contributed by atoms with Crippen LogP contribution in [0, 0.1) is 0 Å².